The fraction of sp³-hybridized carbons (Fsp3) is 0.594. The van der Waals surface area contributed by atoms with Crippen molar-refractivity contribution in [2.75, 3.05) is 183 Å². The van der Waals surface area contributed by atoms with Gasteiger partial charge in [-0.05, 0) is 107 Å². The van der Waals surface area contributed by atoms with Crippen molar-refractivity contribution in [1.29, 1.82) is 0 Å². The molecule has 3 amide bonds. The molecule has 1 aromatic heterocycles. The van der Waals surface area contributed by atoms with Crippen molar-refractivity contribution in [2.45, 2.75) is 78.9 Å². The third-order valence-electron chi connectivity index (χ3n) is 12.8. The summed E-state index contributed by atoms with van der Waals surface area (Å²) in [5.74, 6) is -0.649. The molecule has 2 N–H and O–H groups in total. The van der Waals surface area contributed by atoms with Crippen LogP contribution in [0.15, 0.2) is 85.1 Å². The first-order valence-electron chi connectivity index (χ1n) is 30.0. The van der Waals surface area contributed by atoms with Crippen molar-refractivity contribution < 1.29 is 79.7 Å². The van der Waals surface area contributed by atoms with Crippen molar-refractivity contribution in [3.63, 3.8) is 0 Å². The van der Waals surface area contributed by atoms with Crippen LogP contribution in [0.1, 0.15) is 96.7 Å². The minimum atomic E-state index is -4.46. The van der Waals surface area contributed by atoms with Gasteiger partial charge in [-0.1, -0.05) is 43.2 Å². The number of halogens is 3. The molecule has 0 aliphatic carbocycles. The van der Waals surface area contributed by atoms with E-state index in [1.165, 1.54) is 24.8 Å². The fourth-order valence-corrected chi connectivity index (χ4v) is 8.04. The van der Waals surface area contributed by atoms with Crippen LogP contribution in [0.2, 0.25) is 0 Å². The number of piperidine rings is 1. The zero-order valence-corrected chi connectivity index (χ0v) is 51.7. The Hall–Kier alpha value is -5.63. The summed E-state index contributed by atoms with van der Waals surface area (Å²) in [7, 11) is 3.43. The number of likely N-dealkylation sites (N-methyl/N-ethyl adjacent to an activating group) is 1. The Morgan fingerprint density at radius 2 is 1.14 bits per heavy atom. The second-order valence-electron chi connectivity index (χ2n) is 19.6. The molecule has 22 heteroatoms. The van der Waals surface area contributed by atoms with E-state index >= 15 is 0 Å². The summed E-state index contributed by atoms with van der Waals surface area (Å²) in [6.07, 6.45) is 3.05. The molecule has 0 saturated carbocycles. The monoisotopic (exact) mass is 1220 g/mol. The molecule has 1 aliphatic heterocycles. The number of amides is 3. The van der Waals surface area contributed by atoms with Gasteiger partial charge in [0.15, 0.2) is 0 Å². The number of rotatable bonds is 42. The molecule has 1 fully saturated rings. The maximum Gasteiger partial charge on any atom is 0.416 e. The number of anilines is 2. The molecule has 2 heterocycles. The van der Waals surface area contributed by atoms with Crippen LogP contribution in [0.4, 0.5) is 24.5 Å². The summed E-state index contributed by atoms with van der Waals surface area (Å²) in [5.41, 5.74) is 4.05. The Labute approximate surface area is 508 Å². The minimum Gasteiger partial charge on any atom is -0.382 e. The molecule has 1 aliphatic rings. The number of unbranched alkanes of at least 4 members (excludes halogenated alkanes) is 1. The quantitative estimate of drug-likeness (QED) is 0.0398. The summed E-state index contributed by atoms with van der Waals surface area (Å²) in [6, 6.07) is 21.1. The Bertz CT molecular complexity index is 2400. The number of hydrogen-bond donors (Lipinski definition) is 2. The molecule has 0 atom stereocenters. The number of aromatic nitrogens is 1. The van der Waals surface area contributed by atoms with Crippen molar-refractivity contribution in [2.24, 2.45) is 0 Å². The second kappa shape index (κ2) is 47.4. The molecular formula is C64H96F3N5O14. The van der Waals surface area contributed by atoms with Crippen molar-refractivity contribution in [3.8, 4) is 11.3 Å². The van der Waals surface area contributed by atoms with E-state index < -0.39 is 17.6 Å². The number of benzene rings is 3. The Morgan fingerprint density at radius 1 is 0.593 bits per heavy atom. The van der Waals surface area contributed by atoms with Gasteiger partial charge in [0.1, 0.15) is 0 Å². The normalized spacial score (nSPS) is 12.2. The van der Waals surface area contributed by atoms with Gasteiger partial charge >= 0.3 is 6.18 Å². The number of nitrogens with zero attached hydrogens (tertiary/aromatic N) is 3. The topological polar surface area (TPSA) is 196 Å². The molecule has 0 spiro atoms. The number of nitrogens with one attached hydrogen (secondary N) is 2. The smallest absolute Gasteiger partial charge is 0.382 e. The molecule has 19 nitrogen and oxygen atoms in total. The lowest BCUT2D eigenvalue weighted by Crippen LogP contribution is -2.31. The van der Waals surface area contributed by atoms with E-state index in [4.69, 9.17) is 52.1 Å². The van der Waals surface area contributed by atoms with E-state index in [1.54, 1.807) is 37.3 Å². The van der Waals surface area contributed by atoms with Crippen LogP contribution in [-0.4, -0.2) is 200 Å². The lowest BCUT2D eigenvalue weighted by Gasteiger charge is -2.29. The average molecular weight is 1220 g/mol. The number of aryl methyl sites for hydroxylation is 1. The van der Waals surface area contributed by atoms with E-state index in [1.807, 2.05) is 57.2 Å². The van der Waals surface area contributed by atoms with Gasteiger partial charge in [-0.2, -0.15) is 13.2 Å². The van der Waals surface area contributed by atoms with E-state index in [0.717, 1.165) is 75.4 Å². The van der Waals surface area contributed by atoms with Crippen LogP contribution in [-0.2, 0) is 69.6 Å². The van der Waals surface area contributed by atoms with Crippen molar-refractivity contribution in [1.82, 2.24) is 15.2 Å². The highest BCUT2D eigenvalue weighted by Gasteiger charge is 2.30. The highest BCUT2D eigenvalue weighted by Crippen LogP contribution is 2.34. The lowest BCUT2D eigenvalue weighted by atomic mass is 10.0. The summed E-state index contributed by atoms with van der Waals surface area (Å²) < 4.78 is 97.2. The number of alkyl halides is 3. The first-order valence-corrected chi connectivity index (χ1v) is 30.0. The number of pyridine rings is 1. The van der Waals surface area contributed by atoms with Crippen molar-refractivity contribution in [3.05, 3.63) is 113 Å². The van der Waals surface area contributed by atoms with Gasteiger partial charge in [-0.15, -0.1) is 0 Å². The lowest BCUT2D eigenvalue weighted by molar-refractivity contribution is -0.137. The van der Waals surface area contributed by atoms with E-state index in [-0.39, 0.29) is 18.4 Å². The highest BCUT2D eigenvalue weighted by atomic mass is 19.4. The van der Waals surface area contributed by atoms with Crippen molar-refractivity contribution >= 4 is 29.1 Å². The third kappa shape index (κ3) is 34.1. The summed E-state index contributed by atoms with van der Waals surface area (Å²) in [5, 5.41) is 5.70. The standard InChI is InChI=1S/C33H31F3N4O2.C18H37NO6.C13H28O6/c1-22-7-5-9-24(17-22)32(42)39-29-12-11-27(40-15-3-2-4-16-40)20-28(29)30-19-25(13-14-37-30)31(41)38-21-23-8-6-10-26(18-23)33(34,35)36;1-4-6-9-22-12-14-24-16-17-25-15-13-23-10-7-18(20)19(3)8-11-21-5-2;1-3-15-6-7-17-10-11-19-13-12-18-9-8-16-5-4-14-2/h5-14,17-20H,2-4,15-16,21H2,1H3,(H,38,41)(H,39,42);4-17H2,1-3H3;3-13H2,1-2H3. The van der Waals surface area contributed by atoms with Gasteiger partial charge in [0.2, 0.25) is 5.91 Å². The fourth-order valence-electron chi connectivity index (χ4n) is 8.04. The Morgan fingerprint density at radius 3 is 1.71 bits per heavy atom. The zero-order chi connectivity index (χ0) is 62.3. The third-order valence-corrected chi connectivity index (χ3v) is 12.8. The first-order chi connectivity index (χ1) is 41.8. The maximum atomic E-state index is 13.1. The molecule has 0 bridgehead atoms. The van der Waals surface area contributed by atoms with Crippen LogP contribution in [0.5, 0.6) is 0 Å². The molecule has 86 heavy (non-hydrogen) atoms. The number of carbonyl (C=O) groups is 3. The number of carbonyl (C=O) groups excluding carboxylic acids is 3. The molecule has 3 aromatic carbocycles. The van der Waals surface area contributed by atoms with Crippen LogP contribution in [0.3, 0.4) is 0 Å². The van der Waals surface area contributed by atoms with Crippen LogP contribution in [0.25, 0.3) is 11.3 Å². The number of methoxy groups -OCH3 is 1. The zero-order valence-electron chi connectivity index (χ0n) is 51.7. The van der Waals surface area contributed by atoms with Gasteiger partial charge in [-0.3, -0.25) is 19.4 Å². The molecule has 0 radical (unpaired) electrons. The molecular weight excluding hydrogens is 1120 g/mol. The first kappa shape index (κ1) is 74.6. The van der Waals surface area contributed by atoms with E-state index in [2.05, 4.69) is 27.4 Å². The Kier molecular flexibility index (Phi) is 41.2. The summed E-state index contributed by atoms with van der Waals surface area (Å²) >= 11 is 0. The van der Waals surface area contributed by atoms with Gasteiger partial charge in [-0.25, -0.2) is 0 Å². The van der Waals surface area contributed by atoms with Gasteiger partial charge in [0.05, 0.1) is 142 Å². The van der Waals surface area contributed by atoms with E-state index in [0.29, 0.717) is 172 Å². The van der Waals surface area contributed by atoms with Gasteiger partial charge in [0, 0.05) is 88.7 Å². The largest absolute Gasteiger partial charge is 0.416 e. The predicted octanol–water partition coefficient (Wildman–Crippen LogP) is 9.72. The average Bonchev–Trinajstić information content (AvgIpc) is 2.66. The number of ether oxygens (including phenoxy) is 11. The molecule has 1 saturated heterocycles. The van der Waals surface area contributed by atoms with Gasteiger partial charge in [0.25, 0.3) is 11.8 Å². The molecule has 0 unspecified atom stereocenters. The SMILES string of the molecule is CCCCOCCOCCOCCOCCC(=O)N(C)CCOCC.CCOCCOCCOCCOCCOCCOC.Cc1cccc(C(=O)Nc2ccc(N3CCCCC3)cc2-c2cc(C(=O)NCc3cccc(C(F)(F)F)c3)ccn2)c1. The van der Waals surface area contributed by atoms with Gasteiger partial charge < -0.3 is 72.5 Å². The predicted molar refractivity (Wildman–Crippen MR) is 326 cm³/mol. The second-order valence-corrected chi connectivity index (χ2v) is 19.6. The Balaban J connectivity index is 0.000000376. The van der Waals surface area contributed by atoms with Crippen LogP contribution >= 0.6 is 0 Å². The molecule has 5 rings (SSSR count). The summed E-state index contributed by atoms with van der Waals surface area (Å²) in [6.45, 7) is 22.8. The summed E-state index contributed by atoms with van der Waals surface area (Å²) in [4.78, 5) is 46.4. The molecule has 4 aromatic rings. The van der Waals surface area contributed by atoms with Crippen LogP contribution < -0.4 is 15.5 Å². The number of hydrogen-bond acceptors (Lipinski definition) is 16. The van der Waals surface area contributed by atoms with E-state index in [9.17, 15) is 27.6 Å². The minimum absolute atomic E-state index is 0.0650. The highest BCUT2D eigenvalue weighted by molar-refractivity contribution is 6.06. The maximum absolute atomic E-state index is 13.1. The molecule has 482 valence electrons. The van der Waals surface area contributed by atoms with Crippen LogP contribution in [0, 0.1) is 6.92 Å².